The summed E-state index contributed by atoms with van der Waals surface area (Å²) in [4.78, 5) is 2.15. The normalized spacial score (nSPS) is 13.2. The van der Waals surface area contributed by atoms with Crippen LogP contribution in [0, 0.1) is 13.8 Å². The summed E-state index contributed by atoms with van der Waals surface area (Å²) in [6.45, 7) is 6.36. The Morgan fingerprint density at radius 1 is 1.24 bits per heavy atom. The van der Waals surface area contributed by atoms with E-state index in [2.05, 4.69) is 4.72 Å². The summed E-state index contributed by atoms with van der Waals surface area (Å²) >= 11 is 0. The standard InChI is InChI=1S/C18H26N2O4S/c1-6-23-18-13(2)10-15(11-14(18)3)25(21,22)19-12-16(20(4)5)17-8-7-9-24-17/h7-11,16,19H,6,12H2,1-5H3. The van der Waals surface area contributed by atoms with Crippen molar-refractivity contribution in [2.75, 3.05) is 27.2 Å². The Bertz CT molecular complexity index is 775. The molecule has 138 valence electrons. The van der Waals surface area contributed by atoms with E-state index in [4.69, 9.17) is 9.15 Å². The van der Waals surface area contributed by atoms with E-state index in [0.717, 1.165) is 16.9 Å². The number of nitrogens with one attached hydrogen (secondary N) is 1. The lowest BCUT2D eigenvalue weighted by molar-refractivity contribution is 0.259. The van der Waals surface area contributed by atoms with Crippen LogP contribution < -0.4 is 9.46 Å². The lowest BCUT2D eigenvalue weighted by Gasteiger charge is -2.22. The lowest BCUT2D eigenvalue weighted by Crippen LogP contribution is -2.34. The van der Waals surface area contributed by atoms with E-state index in [1.54, 1.807) is 24.5 Å². The zero-order valence-corrected chi connectivity index (χ0v) is 16.2. The maximum absolute atomic E-state index is 12.7. The van der Waals surface area contributed by atoms with E-state index in [9.17, 15) is 8.42 Å². The van der Waals surface area contributed by atoms with E-state index >= 15 is 0 Å². The number of hydrogen-bond acceptors (Lipinski definition) is 5. The monoisotopic (exact) mass is 366 g/mol. The Labute approximate surface area is 149 Å². The number of nitrogens with zero attached hydrogens (tertiary/aromatic N) is 1. The number of aryl methyl sites for hydroxylation is 2. The molecule has 1 N–H and O–H groups in total. The fraction of sp³-hybridized carbons (Fsp3) is 0.444. The second kappa shape index (κ2) is 8.03. The van der Waals surface area contributed by atoms with Crippen LogP contribution in [0.5, 0.6) is 5.75 Å². The van der Waals surface area contributed by atoms with Gasteiger partial charge in [-0.1, -0.05) is 0 Å². The molecule has 0 spiro atoms. The second-order valence-electron chi connectivity index (χ2n) is 6.17. The van der Waals surface area contributed by atoms with Crippen LogP contribution >= 0.6 is 0 Å². The van der Waals surface area contributed by atoms with Gasteiger partial charge in [0.15, 0.2) is 0 Å². The van der Waals surface area contributed by atoms with Gasteiger partial charge in [0.1, 0.15) is 11.5 Å². The van der Waals surface area contributed by atoms with Crippen molar-refractivity contribution >= 4 is 10.0 Å². The average molecular weight is 366 g/mol. The molecule has 0 aliphatic heterocycles. The molecule has 0 aliphatic carbocycles. The third-order valence-corrected chi connectivity index (χ3v) is 5.40. The molecule has 6 nitrogen and oxygen atoms in total. The van der Waals surface area contributed by atoms with Crippen molar-refractivity contribution in [2.45, 2.75) is 31.7 Å². The molecule has 0 bridgehead atoms. The van der Waals surface area contributed by atoms with Gasteiger partial charge in [-0.05, 0) is 70.3 Å². The van der Waals surface area contributed by atoms with Crippen LogP contribution in [-0.2, 0) is 10.0 Å². The first-order chi connectivity index (χ1) is 11.8. The molecular weight excluding hydrogens is 340 g/mol. The summed E-state index contributed by atoms with van der Waals surface area (Å²) in [5.41, 5.74) is 1.61. The molecule has 25 heavy (non-hydrogen) atoms. The van der Waals surface area contributed by atoms with Crippen LogP contribution in [0.2, 0.25) is 0 Å². The molecule has 1 heterocycles. The van der Waals surface area contributed by atoms with Gasteiger partial charge in [0.25, 0.3) is 0 Å². The molecule has 0 radical (unpaired) electrons. The van der Waals surface area contributed by atoms with E-state index in [0.29, 0.717) is 12.4 Å². The third-order valence-electron chi connectivity index (χ3n) is 3.99. The number of furan rings is 1. The van der Waals surface area contributed by atoms with Gasteiger partial charge in [-0.25, -0.2) is 13.1 Å². The summed E-state index contributed by atoms with van der Waals surface area (Å²) < 4.78 is 39.1. The van der Waals surface area contributed by atoms with Gasteiger partial charge < -0.3 is 9.15 Å². The van der Waals surface area contributed by atoms with Gasteiger partial charge in [0, 0.05) is 6.54 Å². The number of likely N-dealkylation sites (N-methyl/N-ethyl adjacent to an activating group) is 1. The number of sulfonamides is 1. The highest BCUT2D eigenvalue weighted by Crippen LogP contribution is 2.27. The summed E-state index contributed by atoms with van der Waals surface area (Å²) in [6, 6.07) is 6.72. The van der Waals surface area contributed by atoms with Crippen LogP contribution in [0.25, 0.3) is 0 Å². The molecule has 1 aromatic heterocycles. The second-order valence-corrected chi connectivity index (χ2v) is 7.93. The zero-order valence-electron chi connectivity index (χ0n) is 15.4. The van der Waals surface area contributed by atoms with Gasteiger partial charge in [-0.15, -0.1) is 0 Å². The molecule has 0 amide bonds. The van der Waals surface area contributed by atoms with Crippen LogP contribution in [-0.4, -0.2) is 40.6 Å². The average Bonchev–Trinajstić information content (AvgIpc) is 3.04. The maximum atomic E-state index is 12.7. The van der Waals surface area contributed by atoms with Gasteiger partial charge in [0.05, 0.1) is 23.8 Å². The zero-order chi connectivity index (χ0) is 18.6. The molecule has 2 aromatic rings. The Morgan fingerprint density at radius 2 is 1.88 bits per heavy atom. The Kier molecular flexibility index (Phi) is 6.26. The van der Waals surface area contributed by atoms with Crippen molar-refractivity contribution in [1.82, 2.24) is 9.62 Å². The Morgan fingerprint density at radius 3 is 2.36 bits per heavy atom. The minimum absolute atomic E-state index is 0.185. The summed E-state index contributed by atoms with van der Waals surface area (Å²) in [7, 11) is 0.133. The van der Waals surface area contributed by atoms with E-state index in [1.807, 2.05) is 45.8 Å². The predicted octanol–water partition coefficient (Wildman–Crippen LogP) is 2.88. The highest BCUT2D eigenvalue weighted by Gasteiger charge is 2.22. The maximum Gasteiger partial charge on any atom is 0.240 e. The number of benzene rings is 1. The van der Waals surface area contributed by atoms with Crippen LogP contribution in [0.1, 0.15) is 29.9 Å². The Hall–Kier alpha value is -1.83. The van der Waals surface area contributed by atoms with Gasteiger partial charge in [-0.3, -0.25) is 4.90 Å². The van der Waals surface area contributed by atoms with E-state index in [-0.39, 0.29) is 17.5 Å². The first kappa shape index (κ1) is 19.5. The molecule has 7 heteroatoms. The van der Waals surface area contributed by atoms with Gasteiger partial charge in [0.2, 0.25) is 10.0 Å². The molecule has 1 aromatic carbocycles. The highest BCUT2D eigenvalue weighted by atomic mass is 32.2. The molecule has 1 atom stereocenters. The Balaban J connectivity index is 2.21. The summed E-state index contributed by atoms with van der Waals surface area (Å²) in [5, 5.41) is 0. The molecule has 0 saturated heterocycles. The molecule has 0 aliphatic rings. The molecule has 0 fully saturated rings. The molecule has 2 rings (SSSR count). The fourth-order valence-electron chi connectivity index (χ4n) is 2.73. The smallest absolute Gasteiger partial charge is 0.240 e. The largest absolute Gasteiger partial charge is 0.493 e. The highest BCUT2D eigenvalue weighted by molar-refractivity contribution is 7.89. The van der Waals surface area contributed by atoms with Crippen molar-refractivity contribution < 1.29 is 17.6 Å². The minimum atomic E-state index is -3.63. The van der Waals surface area contributed by atoms with Crippen molar-refractivity contribution in [3.8, 4) is 5.75 Å². The van der Waals surface area contributed by atoms with Crippen LogP contribution in [0.3, 0.4) is 0 Å². The molecule has 1 unspecified atom stereocenters. The number of rotatable bonds is 8. The van der Waals surface area contributed by atoms with Crippen molar-refractivity contribution in [2.24, 2.45) is 0 Å². The van der Waals surface area contributed by atoms with Gasteiger partial charge >= 0.3 is 0 Å². The first-order valence-corrected chi connectivity index (χ1v) is 9.68. The summed E-state index contributed by atoms with van der Waals surface area (Å²) in [6.07, 6.45) is 1.58. The molecule has 0 saturated carbocycles. The first-order valence-electron chi connectivity index (χ1n) is 8.19. The van der Waals surface area contributed by atoms with Gasteiger partial charge in [-0.2, -0.15) is 0 Å². The third kappa shape index (κ3) is 4.62. The number of hydrogen-bond donors (Lipinski definition) is 1. The van der Waals surface area contributed by atoms with E-state index in [1.165, 1.54) is 0 Å². The molecular formula is C18H26N2O4S. The fourth-order valence-corrected chi connectivity index (χ4v) is 3.94. The van der Waals surface area contributed by atoms with E-state index < -0.39 is 10.0 Å². The van der Waals surface area contributed by atoms with Crippen molar-refractivity contribution in [3.63, 3.8) is 0 Å². The SMILES string of the molecule is CCOc1c(C)cc(S(=O)(=O)NCC(c2ccco2)N(C)C)cc1C. The topological polar surface area (TPSA) is 71.8 Å². The summed E-state index contributed by atoms with van der Waals surface area (Å²) in [5.74, 6) is 1.45. The predicted molar refractivity (Wildman–Crippen MR) is 97.4 cm³/mol. The van der Waals surface area contributed by atoms with Crippen molar-refractivity contribution in [1.29, 1.82) is 0 Å². The minimum Gasteiger partial charge on any atom is -0.493 e. The van der Waals surface area contributed by atoms with Crippen molar-refractivity contribution in [3.05, 3.63) is 47.4 Å². The quantitative estimate of drug-likeness (QED) is 0.778. The van der Waals surface area contributed by atoms with Crippen LogP contribution in [0.15, 0.2) is 39.8 Å². The number of ether oxygens (including phenoxy) is 1. The lowest BCUT2D eigenvalue weighted by atomic mass is 10.1. The van der Waals surface area contributed by atoms with Crippen LogP contribution in [0.4, 0.5) is 0 Å².